The predicted molar refractivity (Wildman–Crippen MR) is 118 cm³/mol. The van der Waals surface area contributed by atoms with E-state index in [4.69, 9.17) is 11.6 Å². The Morgan fingerprint density at radius 3 is 2.65 bits per heavy atom. The number of aromatic nitrogens is 1. The number of likely N-dealkylation sites (N-methyl/N-ethyl adjacent to an activating group) is 1. The molecule has 0 aliphatic heterocycles. The number of hydrogen-bond donors (Lipinski definition) is 1. The van der Waals surface area contributed by atoms with E-state index < -0.39 is 5.97 Å². The highest BCUT2D eigenvalue weighted by Crippen LogP contribution is 2.34. The number of benzene rings is 2. The van der Waals surface area contributed by atoms with Crippen molar-refractivity contribution in [1.29, 1.82) is 0 Å². The zero-order chi connectivity index (χ0) is 22.1. The van der Waals surface area contributed by atoms with Crippen molar-refractivity contribution in [2.24, 2.45) is 0 Å². The zero-order valence-electron chi connectivity index (χ0n) is 17.3. The maximum atomic E-state index is 14.0. The number of carboxylic acid groups (broad SMARTS) is 1. The van der Waals surface area contributed by atoms with Crippen molar-refractivity contribution in [2.45, 2.75) is 45.2 Å². The van der Waals surface area contributed by atoms with Crippen LogP contribution in [0.2, 0.25) is 5.02 Å². The third-order valence-corrected chi connectivity index (χ3v) is 6.32. The van der Waals surface area contributed by atoms with Gasteiger partial charge in [-0.2, -0.15) is 0 Å². The second kappa shape index (κ2) is 8.71. The zero-order valence-corrected chi connectivity index (χ0v) is 18.0. The van der Waals surface area contributed by atoms with E-state index in [1.807, 2.05) is 24.0 Å². The standard InChI is InChI=1S/C24H24ClFN2O3/c1-2-27(23(29)11-15-3-5-16(25)6-4-15)18-8-10-22-20(13-18)19-12-17(26)7-9-21(19)28(22)14-24(30)31/h3-7,9,12,18H,2,8,10-11,13-14H2,1H3,(H,30,31)/t18-/m0/s1. The highest BCUT2D eigenvalue weighted by molar-refractivity contribution is 6.30. The van der Waals surface area contributed by atoms with Crippen molar-refractivity contribution in [2.75, 3.05) is 6.54 Å². The second-order valence-electron chi connectivity index (χ2n) is 7.95. The minimum atomic E-state index is -0.931. The first-order valence-electron chi connectivity index (χ1n) is 10.4. The first-order valence-corrected chi connectivity index (χ1v) is 10.8. The molecule has 0 unspecified atom stereocenters. The Kier molecular flexibility index (Phi) is 6.01. The molecule has 1 atom stereocenters. The van der Waals surface area contributed by atoms with Crippen LogP contribution in [0.3, 0.4) is 0 Å². The average molecular weight is 443 g/mol. The number of carbonyl (C=O) groups excluding carboxylic acids is 1. The molecule has 0 bridgehead atoms. The van der Waals surface area contributed by atoms with Crippen LogP contribution in [0, 0.1) is 5.82 Å². The molecule has 3 aromatic rings. The SMILES string of the molecule is CCN(C(=O)Cc1ccc(Cl)cc1)[C@H]1CCc2c(c3cc(F)ccc3n2CC(=O)O)C1. The number of halogens is 2. The largest absolute Gasteiger partial charge is 0.480 e. The lowest BCUT2D eigenvalue weighted by molar-refractivity contribution is -0.137. The Labute approximate surface area is 185 Å². The smallest absolute Gasteiger partial charge is 0.323 e. The molecular weight excluding hydrogens is 419 g/mol. The van der Waals surface area contributed by atoms with Crippen molar-refractivity contribution in [3.05, 3.63) is 70.1 Å². The quantitative estimate of drug-likeness (QED) is 0.612. The van der Waals surface area contributed by atoms with Crippen molar-refractivity contribution < 1.29 is 19.1 Å². The molecule has 1 aliphatic carbocycles. The van der Waals surface area contributed by atoms with Gasteiger partial charge in [-0.25, -0.2) is 4.39 Å². The van der Waals surface area contributed by atoms with Gasteiger partial charge in [0.1, 0.15) is 12.4 Å². The lowest BCUT2D eigenvalue weighted by Crippen LogP contribution is -2.44. The van der Waals surface area contributed by atoms with E-state index in [1.165, 1.54) is 12.1 Å². The number of fused-ring (bicyclic) bond motifs is 3. The van der Waals surface area contributed by atoms with Crippen LogP contribution in [0.15, 0.2) is 42.5 Å². The van der Waals surface area contributed by atoms with Crippen LogP contribution in [0.25, 0.3) is 10.9 Å². The lowest BCUT2D eigenvalue weighted by atomic mass is 9.90. The van der Waals surface area contributed by atoms with Gasteiger partial charge in [0.15, 0.2) is 0 Å². The molecule has 31 heavy (non-hydrogen) atoms. The molecule has 0 radical (unpaired) electrons. The van der Waals surface area contributed by atoms with Crippen LogP contribution in [-0.2, 0) is 35.4 Å². The van der Waals surface area contributed by atoms with Gasteiger partial charge in [-0.15, -0.1) is 0 Å². The number of hydrogen-bond acceptors (Lipinski definition) is 2. The second-order valence-corrected chi connectivity index (χ2v) is 8.38. The normalized spacial score (nSPS) is 15.6. The van der Waals surface area contributed by atoms with Crippen LogP contribution in [-0.4, -0.2) is 39.0 Å². The predicted octanol–water partition coefficient (Wildman–Crippen LogP) is 4.47. The molecule has 0 saturated heterocycles. The summed E-state index contributed by atoms with van der Waals surface area (Å²) < 4.78 is 15.8. The highest BCUT2D eigenvalue weighted by Gasteiger charge is 2.31. The summed E-state index contributed by atoms with van der Waals surface area (Å²) in [5.41, 5.74) is 3.51. The Morgan fingerprint density at radius 1 is 1.23 bits per heavy atom. The van der Waals surface area contributed by atoms with Gasteiger partial charge in [0, 0.05) is 34.2 Å². The number of carboxylic acids is 1. The number of nitrogens with zero attached hydrogens (tertiary/aromatic N) is 2. The Morgan fingerprint density at radius 2 is 1.97 bits per heavy atom. The summed E-state index contributed by atoms with van der Waals surface area (Å²) in [7, 11) is 0. The van der Waals surface area contributed by atoms with Crippen LogP contribution in [0.5, 0.6) is 0 Å². The summed E-state index contributed by atoms with van der Waals surface area (Å²) in [4.78, 5) is 26.4. The van der Waals surface area contributed by atoms with E-state index in [0.717, 1.165) is 34.1 Å². The fourth-order valence-corrected chi connectivity index (χ4v) is 4.83. The van der Waals surface area contributed by atoms with E-state index in [9.17, 15) is 19.1 Å². The molecule has 2 aromatic carbocycles. The Balaban J connectivity index is 1.63. The minimum Gasteiger partial charge on any atom is -0.480 e. The number of aliphatic carboxylic acids is 1. The molecule has 0 fully saturated rings. The van der Waals surface area contributed by atoms with Gasteiger partial charge in [0.25, 0.3) is 0 Å². The molecule has 0 saturated carbocycles. The average Bonchev–Trinajstić information content (AvgIpc) is 3.02. The van der Waals surface area contributed by atoms with Gasteiger partial charge in [-0.05, 0) is 67.6 Å². The van der Waals surface area contributed by atoms with Crippen molar-refractivity contribution in [3.8, 4) is 0 Å². The number of amides is 1. The molecule has 1 amide bonds. The fraction of sp³-hybridized carbons (Fsp3) is 0.333. The van der Waals surface area contributed by atoms with Crippen LogP contribution >= 0.6 is 11.6 Å². The lowest BCUT2D eigenvalue weighted by Gasteiger charge is -2.34. The van der Waals surface area contributed by atoms with E-state index >= 15 is 0 Å². The van der Waals surface area contributed by atoms with E-state index in [0.29, 0.717) is 30.8 Å². The number of rotatable bonds is 6. The summed E-state index contributed by atoms with van der Waals surface area (Å²) in [6, 6.07) is 11.7. The van der Waals surface area contributed by atoms with E-state index in [-0.39, 0.29) is 24.3 Å². The summed E-state index contributed by atoms with van der Waals surface area (Å²) >= 11 is 5.94. The molecule has 4 rings (SSSR count). The number of carbonyl (C=O) groups is 2. The van der Waals surface area contributed by atoms with Gasteiger partial charge in [0.05, 0.1) is 6.42 Å². The molecule has 162 valence electrons. The summed E-state index contributed by atoms with van der Waals surface area (Å²) in [5, 5.41) is 10.7. The van der Waals surface area contributed by atoms with Gasteiger partial charge in [-0.3, -0.25) is 9.59 Å². The molecular formula is C24H24ClFN2O3. The Bertz CT molecular complexity index is 1140. The first kappa shape index (κ1) is 21.4. The van der Waals surface area contributed by atoms with Gasteiger partial charge in [-0.1, -0.05) is 23.7 Å². The van der Waals surface area contributed by atoms with Crippen molar-refractivity contribution >= 4 is 34.4 Å². The Hall–Kier alpha value is -2.86. The molecule has 1 aliphatic rings. The van der Waals surface area contributed by atoms with Crippen molar-refractivity contribution in [1.82, 2.24) is 9.47 Å². The molecule has 1 heterocycles. The van der Waals surface area contributed by atoms with Gasteiger partial charge < -0.3 is 14.6 Å². The summed E-state index contributed by atoms with van der Waals surface area (Å²) in [6.45, 7) is 2.38. The molecule has 7 heteroatoms. The summed E-state index contributed by atoms with van der Waals surface area (Å²) in [5.74, 6) is -1.24. The minimum absolute atomic E-state index is 0.00977. The molecule has 1 aromatic heterocycles. The monoisotopic (exact) mass is 442 g/mol. The van der Waals surface area contributed by atoms with Crippen LogP contribution in [0.1, 0.15) is 30.2 Å². The van der Waals surface area contributed by atoms with E-state index in [1.54, 1.807) is 22.8 Å². The van der Waals surface area contributed by atoms with Crippen molar-refractivity contribution in [3.63, 3.8) is 0 Å². The highest BCUT2D eigenvalue weighted by atomic mass is 35.5. The van der Waals surface area contributed by atoms with Gasteiger partial charge in [0.2, 0.25) is 5.91 Å². The fourth-order valence-electron chi connectivity index (χ4n) is 4.70. The molecule has 5 nitrogen and oxygen atoms in total. The maximum absolute atomic E-state index is 14.0. The molecule has 0 spiro atoms. The van der Waals surface area contributed by atoms with Crippen LogP contribution in [0.4, 0.5) is 4.39 Å². The topological polar surface area (TPSA) is 62.5 Å². The third-order valence-electron chi connectivity index (χ3n) is 6.07. The first-order chi connectivity index (χ1) is 14.9. The van der Waals surface area contributed by atoms with Crippen LogP contribution < -0.4 is 0 Å². The summed E-state index contributed by atoms with van der Waals surface area (Å²) in [6.07, 6.45) is 2.27. The maximum Gasteiger partial charge on any atom is 0.323 e. The van der Waals surface area contributed by atoms with Gasteiger partial charge >= 0.3 is 5.97 Å². The van der Waals surface area contributed by atoms with E-state index in [2.05, 4.69) is 0 Å². The molecule has 1 N–H and O–H groups in total. The third kappa shape index (κ3) is 4.30.